The summed E-state index contributed by atoms with van der Waals surface area (Å²) in [5.41, 5.74) is 1.51. The summed E-state index contributed by atoms with van der Waals surface area (Å²) in [6, 6.07) is 7.41. The average molecular weight is 306 g/mol. The van der Waals surface area contributed by atoms with Crippen LogP contribution < -0.4 is 9.62 Å². The summed E-state index contributed by atoms with van der Waals surface area (Å²) in [5.74, 6) is 0.708. The van der Waals surface area contributed by atoms with Crippen LogP contribution in [0.5, 0.6) is 0 Å². The van der Waals surface area contributed by atoms with Gasteiger partial charge in [0.05, 0.1) is 17.9 Å². The van der Waals surface area contributed by atoms with Crippen LogP contribution in [0.4, 0.5) is 11.4 Å². The number of imidazole rings is 1. The van der Waals surface area contributed by atoms with E-state index in [0.717, 1.165) is 5.69 Å². The fourth-order valence-electron chi connectivity index (χ4n) is 2.54. The zero-order valence-electron chi connectivity index (χ0n) is 12.1. The van der Waals surface area contributed by atoms with Gasteiger partial charge in [0.15, 0.2) is 5.03 Å². The number of rotatable bonds is 3. The van der Waals surface area contributed by atoms with Crippen molar-refractivity contribution < 1.29 is 8.42 Å². The molecule has 0 atom stereocenters. The van der Waals surface area contributed by atoms with E-state index in [2.05, 4.69) is 10.3 Å². The molecule has 1 aromatic carbocycles. The lowest BCUT2D eigenvalue weighted by Crippen LogP contribution is -2.39. The summed E-state index contributed by atoms with van der Waals surface area (Å²) >= 11 is 0. The Bertz CT molecular complexity index is 767. The molecule has 7 heteroatoms. The highest BCUT2D eigenvalue weighted by Crippen LogP contribution is 2.32. The summed E-state index contributed by atoms with van der Waals surface area (Å²) in [5, 5.41) is 3.32. The molecule has 0 saturated carbocycles. The SMILES string of the molecule is CCn1cc(S(=O)(=O)N2CCNc3ccccc32)nc1C. The molecule has 1 aromatic heterocycles. The van der Waals surface area contributed by atoms with E-state index in [0.29, 0.717) is 31.1 Å². The molecule has 0 bridgehead atoms. The van der Waals surface area contributed by atoms with E-state index in [1.165, 1.54) is 4.31 Å². The number of fused-ring (bicyclic) bond motifs is 1. The first-order valence-electron chi connectivity index (χ1n) is 6.93. The van der Waals surface area contributed by atoms with E-state index in [9.17, 15) is 8.42 Å². The van der Waals surface area contributed by atoms with E-state index in [1.54, 1.807) is 6.20 Å². The van der Waals surface area contributed by atoms with Crippen LogP contribution in [0.1, 0.15) is 12.7 Å². The van der Waals surface area contributed by atoms with Crippen molar-refractivity contribution in [2.45, 2.75) is 25.4 Å². The summed E-state index contributed by atoms with van der Waals surface area (Å²) in [4.78, 5) is 4.21. The van der Waals surface area contributed by atoms with Crippen molar-refractivity contribution in [3.8, 4) is 0 Å². The number of aryl methyl sites for hydroxylation is 2. The Balaban J connectivity index is 2.07. The number of hydrogen-bond acceptors (Lipinski definition) is 4. The molecule has 0 fully saturated rings. The van der Waals surface area contributed by atoms with Crippen LogP contribution in [-0.4, -0.2) is 31.1 Å². The van der Waals surface area contributed by atoms with Crippen LogP contribution in [0, 0.1) is 6.92 Å². The Kier molecular flexibility index (Phi) is 3.36. The molecule has 0 unspecified atom stereocenters. The minimum absolute atomic E-state index is 0.110. The lowest BCUT2D eigenvalue weighted by atomic mass is 10.2. The van der Waals surface area contributed by atoms with Gasteiger partial charge in [-0.15, -0.1) is 0 Å². The van der Waals surface area contributed by atoms with Crippen LogP contribution in [0.15, 0.2) is 35.5 Å². The molecule has 2 aromatic rings. The van der Waals surface area contributed by atoms with Gasteiger partial charge >= 0.3 is 0 Å². The summed E-state index contributed by atoms with van der Waals surface area (Å²) in [6.45, 7) is 5.47. The smallest absolute Gasteiger partial charge is 0.283 e. The van der Waals surface area contributed by atoms with E-state index in [-0.39, 0.29) is 5.03 Å². The molecule has 0 aliphatic carbocycles. The zero-order chi connectivity index (χ0) is 15.0. The molecular formula is C14H18N4O2S. The number of hydrogen-bond donors (Lipinski definition) is 1. The first-order chi connectivity index (χ1) is 10.0. The van der Waals surface area contributed by atoms with Gasteiger partial charge < -0.3 is 9.88 Å². The van der Waals surface area contributed by atoms with E-state index < -0.39 is 10.0 Å². The van der Waals surface area contributed by atoms with Crippen molar-refractivity contribution in [1.29, 1.82) is 0 Å². The third-order valence-electron chi connectivity index (χ3n) is 3.65. The molecular weight excluding hydrogens is 288 g/mol. The number of anilines is 2. The normalized spacial score (nSPS) is 14.7. The maximum absolute atomic E-state index is 12.9. The Labute approximate surface area is 124 Å². The van der Waals surface area contributed by atoms with Gasteiger partial charge in [0, 0.05) is 19.3 Å². The van der Waals surface area contributed by atoms with Gasteiger partial charge in [-0.05, 0) is 26.0 Å². The number of nitrogens with zero attached hydrogens (tertiary/aromatic N) is 3. The average Bonchev–Trinajstić information content (AvgIpc) is 2.88. The highest BCUT2D eigenvalue weighted by molar-refractivity contribution is 7.92. The Morgan fingerprint density at radius 3 is 2.81 bits per heavy atom. The van der Waals surface area contributed by atoms with Crippen LogP contribution in [0.25, 0.3) is 0 Å². The molecule has 6 nitrogen and oxygen atoms in total. The number of benzene rings is 1. The second-order valence-corrected chi connectivity index (χ2v) is 6.74. The Morgan fingerprint density at radius 1 is 1.33 bits per heavy atom. The van der Waals surface area contributed by atoms with Crippen molar-refractivity contribution in [3.63, 3.8) is 0 Å². The van der Waals surface area contributed by atoms with Crippen molar-refractivity contribution in [1.82, 2.24) is 9.55 Å². The molecule has 0 saturated heterocycles. The second-order valence-electron chi connectivity index (χ2n) is 4.93. The molecule has 1 aliphatic heterocycles. The maximum atomic E-state index is 12.9. The third-order valence-corrected chi connectivity index (χ3v) is 5.34. The largest absolute Gasteiger partial charge is 0.382 e. The maximum Gasteiger partial charge on any atom is 0.283 e. The van der Waals surface area contributed by atoms with Crippen LogP contribution in [0.3, 0.4) is 0 Å². The van der Waals surface area contributed by atoms with Gasteiger partial charge in [-0.1, -0.05) is 12.1 Å². The van der Waals surface area contributed by atoms with Crippen molar-refractivity contribution in [2.75, 3.05) is 22.7 Å². The number of nitrogens with one attached hydrogen (secondary N) is 1. The summed E-state index contributed by atoms with van der Waals surface area (Å²) in [6.07, 6.45) is 1.61. The monoisotopic (exact) mass is 306 g/mol. The minimum atomic E-state index is -3.63. The zero-order valence-corrected chi connectivity index (χ0v) is 12.9. The van der Waals surface area contributed by atoms with Gasteiger partial charge in [0.2, 0.25) is 0 Å². The van der Waals surface area contributed by atoms with Gasteiger partial charge in [-0.2, -0.15) is 8.42 Å². The highest BCUT2D eigenvalue weighted by Gasteiger charge is 2.31. The molecule has 0 radical (unpaired) electrons. The topological polar surface area (TPSA) is 67.2 Å². The molecule has 21 heavy (non-hydrogen) atoms. The highest BCUT2D eigenvalue weighted by atomic mass is 32.2. The Hall–Kier alpha value is -2.02. The van der Waals surface area contributed by atoms with Gasteiger partial charge in [0.1, 0.15) is 5.82 Å². The van der Waals surface area contributed by atoms with Crippen LogP contribution in [-0.2, 0) is 16.6 Å². The first kappa shape index (κ1) is 13.9. The lowest BCUT2D eigenvalue weighted by molar-refractivity contribution is 0.587. The fourth-order valence-corrected chi connectivity index (χ4v) is 4.02. The quantitative estimate of drug-likeness (QED) is 0.939. The lowest BCUT2D eigenvalue weighted by Gasteiger charge is -2.30. The summed E-state index contributed by atoms with van der Waals surface area (Å²) < 4.78 is 29.0. The van der Waals surface area contributed by atoms with Crippen molar-refractivity contribution in [2.24, 2.45) is 0 Å². The molecule has 3 rings (SSSR count). The number of para-hydroxylation sites is 2. The van der Waals surface area contributed by atoms with Gasteiger partial charge in [0.25, 0.3) is 10.0 Å². The Morgan fingerprint density at radius 2 is 2.10 bits per heavy atom. The minimum Gasteiger partial charge on any atom is -0.382 e. The van der Waals surface area contributed by atoms with E-state index in [4.69, 9.17) is 0 Å². The molecule has 1 N–H and O–H groups in total. The number of sulfonamides is 1. The third kappa shape index (κ3) is 2.27. The standard InChI is InChI=1S/C14H18N4O2S/c1-3-17-10-14(16-11(17)2)21(19,20)18-9-8-15-12-6-4-5-7-13(12)18/h4-7,10,15H,3,8-9H2,1-2H3. The summed E-state index contributed by atoms with van der Waals surface area (Å²) in [7, 11) is -3.63. The molecule has 112 valence electrons. The predicted octanol–water partition coefficient (Wildman–Crippen LogP) is 1.83. The van der Waals surface area contributed by atoms with Crippen LogP contribution in [0.2, 0.25) is 0 Å². The molecule has 2 heterocycles. The molecule has 1 aliphatic rings. The van der Waals surface area contributed by atoms with E-state index in [1.807, 2.05) is 42.7 Å². The predicted molar refractivity (Wildman–Crippen MR) is 82.1 cm³/mol. The van der Waals surface area contributed by atoms with Gasteiger partial charge in [-0.25, -0.2) is 4.98 Å². The van der Waals surface area contributed by atoms with Crippen LogP contribution >= 0.6 is 0 Å². The van der Waals surface area contributed by atoms with Crippen molar-refractivity contribution in [3.05, 3.63) is 36.3 Å². The second kappa shape index (κ2) is 5.07. The van der Waals surface area contributed by atoms with E-state index >= 15 is 0 Å². The number of aromatic nitrogens is 2. The molecule has 0 amide bonds. The van der Waals surface area contributed by atoms with Gasteiger partial charge in [-0.3, -0.25) is 4.31 Å². The first-order valence-corrected chi connectivity index (χ1v) is 8.37. The molecule has 0 spiro atoms. The fraction of sp³-hybridized carbons (Fsp3) is 0.357. The van der Waals surface area contributed by atoms with Crippen molar-refractivity contribution >= 4 is 21.4 Å².